The monoisotopic (exact) mass is 275 g/mol. The average molecular weight is 275 g/mol. The van der Waals surface area contributed by atoms with Crippen molar-refractivity contribution in [1.29, 1.82) is 0 Å². The highest BCUT2D eigenvalue weighted by Gasteiger charge is 2.46. The molecule has 0 amide bonds. The molecule has 0 spiro atoms. The van der Waals surface area contributed by atoms with E-state index in [-0.39, 0.29) is 5.69 Å². The highest BCUT2D eigenvalue weighted by Crippen LogP contribution is 2.29. The molecule has 18 heavy (non-hydrogen) atoms. The van der Waals surface area contributed by atoms with Gasteiger partial charge in [-0.15, -0.1) is 0 Å². The number of hydrogen-bond donors (Lipinski definition) is 1. The second-order valence-corrected chi connectivity index (χ2v) is 5.25. The summed E-state index contributed by atoms with van der Waals surface area (Å²) >= 11 is 0. The summed E-state index contributed by atoms with van der Waals surface area (Å²) in [6, 6.07) is 11.0. The van der Waals surface area contributed by atoms with Crippen molar-refractivity contribution in [3.63, 3.8) is 0 Å². The van der Waals surface area contributed by atoms with Gasteiger partial charge in [0, 0.05) is 5.39 Å². The second kappa shape index (κ2) is 4.16. The Balaban J connectivity index is 2.51. The van der Waals surface area contributed by atoms with Gasteiger partial charge in [0.15, 0.2) is 0 Å². The standard InChI is InChI=1S/C11H8F3NO2S/c12-11(13,14)18(16,17)15-10-7-3-5-8-4-1-2-6-9(8)10/h1-7,15H. The van der Waals surface area contributed by atoms with E-state index in [1.807, 2.05) is 0 Å². The minimum absolute atomic E-state index is 0.0922. The van der Waals surface area contributed by atoms with Crippen LogP contribution < -0.4 is 4.72 Å². The lowest BCUT2D eigenvalue weighted by Crippen LogP contribution is -2.29. The second-order valence-electron chi connectivity index (χ2n) is 3.58. The van der Waals surface area contributed by atoms with Crippen LogP contribution >= 0.6 is 0 Å². The van der Waals surface area contributed by atoms with E-state index in [0.29, 0.717) is 10.8 Å². The Morgan fingerprint density at radius 3 is 2.22 bits per heavy atom. The molecule has 2 rings (SSSR count). The minimum atomic E-state index is -5.39. The van der Waals surface area contributed by atoms with E-state index in [1.165, 1.54) is 12.1 Å². The van der Waals surface area contributed by atoms with Crippen LogP contribution in [-0.2, 0) is 10.0 Å². The lowest BCUT2D eigenvalue weighted by Gasteiger charge is -2.12. The molecule has 0 aliphatic heterocycles. The van der Waals surface area contributed by atoms with Crippen LogP contribution in [-0.4, -0.2) is 13.9 Å². The highest BCUT2D eigenvalue weighted by molar-refractivity contribution is 7.93. The lowest BCUT2D eigenvalue weighted by atomic mass is 10.1. The Bertz CT molecular complexity index is 675. The molecule has 0 aliphatic carbocycles. The molecule has 2 aromatic rings. The minimum Gasteiger partial charge on any atom is -0.275 e. The van der Waals surface area contributed by atoms with Crippen LogP contribution in [0.5, 0.6) is 0 Å². The molecule has 0 aliphatic rings. The van der Waals surface area contributed by atoms with Crippen molar-refractivity contribution < 1.29 is 21.6 Å². The van der Waals surface area contributed by atoms with Crippen molar-refractivity contribution in [1.82, 2.24) is 0 Å². The number of sulfonamides is 1. The van der Waals surface area contributed by atoms with Crippen LogP contribution in [0, 0.1) is 0 Å². The molecule has 96 valence electrons. The van der Waals surface area contributed by atoms with Gasteiger partial charge in [0.25, 0.3) is 0 Å². The van der Waals surface area contributed by atoms with Crippen molar-refractivity contribution in [2.45, 2.75) is 5.51 Å². The molecule has 0 bridgehead atoms. The van der Waals surface area contributed by atoms with Gasteiger partial charge in [0.1, 0.15) is 0 Å². The molecule has 0 saturated heterocycles. The fourth-order valence-electron chi connectivity index (χ4n) is 1.52. The van der Waals surface area contributed by atoms with Crippen LogP contribution in [0.4, 0.5) is 18.9 Å². The summed E-state index contributed by atoms with van der Waals surface area (Å²) in [4.78, 5) is 0. The summed E-state index contributed by atoms with van der Waals surface area (Å²) < 4.78 is 60.4. The zero-order valence-corrected chi connectivity index (χ0v) is 9.72. The zero-order chi connectivity index (χ0) is 13.4. The molecule has 0 heterocycles. The molecular weight excluding hydrogens is 267 g/mol. The smallest absolute Gasteiger partial charge is 0.275 e. The van der Waals surface area contributed by atoms with Crippen LogP contribution in [0.15, 0.2) is 42.5 Å². The zero-order valence-electron chi connectivity index (χ0n) is 8.90. The Hall–Kier alpha value is -1.76. The number of halogens is 3. The van der Waals surface area contributed by atoms with E-state index in [9.17, 15) is 21.6 Å². The number of anilines is 1. The molecule has 0 saturated carbocycles. The normalized spacial score (nSPS) is 12.6. The molecule has 0 fully saturated rings. The van der Waals surface area contributed by atoms with E-state index in [1.54, 1.807) is 35.1 Å². The van der Waals surface area contributed by atoms with Gasteiger partial charge in [-0.2, -0.15) is 21.6 Å². The van der Waals surface area contributed by atoms with Crippen LogP contribution in [0.1, 0.15) is 0 Å². The topological polar surface area (TPSA) is 46.2 Å². The maximum absolute atomic E-state index is 12.3. The number of hydrogen-bond acceptors (Lipinski definition) is 2. The number of nitrogens with one attached hydrogen (secondary N) is 1. The van der Waals surface area contributed by atoms with Gasteiger partial charge in [-0.3, -0.25) is 4.72 Å². The first-order valence-electron chi connectivity index (χ1n) is 4.88. The number of alkyl halides is 3. The molecule has 7 heteroatoms. The van der Waals surface area contributed by atoms with Crippen molar-refractivity contribution >= 4 is 26.5 Å². The third-order valence-corrected chi connectivity index (χ3v) is 3.44. The molecule has 3 nitrogen and oxygen atoms in total. The van der Waals surface area contributed by atoms with E-state index >= 15 is 0 Å². The number of rotatable bonds is 2. The fraction of sp³-hybridized carbons (Fsp3) is 0.0909. The number of benzene rings is 2. The SMILES string of the molecule is O=S(=O)(Nc1cccc2ccccc12)C(F)(F)F. The van der Waals surface area contributed by atoms with Crippen LogP contribution in [0.3, 0.4) is 0 Å². The summed E-state index contributed by atoms with van der Waals surface area (Å²) in [6.45, 7) is 0. The van der Waals surface area contributed by atoms with Gasteiger partial charge >= 0.3 is 15.5 Å². The van der Waals surface area contributed by atoms with Crippen LogP contribution in [0.2, 0.25) is 0 Å². The summed E-state index contributed by atoms with van der Waals surface area (Å²) in [7, 11) is -5.39. The Morgan fingerprint density at radius 1 is 0.944 bits per heavy atom. The van der Waals surface area contributed by atoms with Crippen LogP contribution in [0.25, 0.3) is 10.8 Å². The summed E-state index contributed by atoms with van der Waals surface area (Å²) in [5.41, 5.74) is -5.42. The van der Waals surface area contributed by atoms with E-state index < -0.39 is 15.5 Å². The van der Waals surface area contributed by atoms with Gasteiger partial charge in [-0.05, 0) is 11.5 Å². The quantitative estimate of drug-likeness (QED) is 0.915. The molecular formula is C11H8F3NO2S. The van der Waals surface area contributed by atoms with E-state index in [4.69, 9.17) is 0 Å². The van der Waals surface area contributed by atoms with Gasteiger partial charge in [0.05, 0.1) is 5.69 Å². The first-order chi connectivity index (χ1) is 8.31. The predicted molar refractivity (Wildman–Crippen MR) is 62.5 cm³/mol. The first kappa shape index (κ1) is 12.7. The summed E-state index contributed by atoms with van der Waals surface area (Å²) in [5, 5.41) is 1.06. The van der Waals surface area contributed by atoms with Gasteiger partial charge in [-0.25, -0.2) is 0 Å². The van der Waals surface area contributed by atoms with Crippen molar-refractivity contribution in [2.24, 2.45) is 0 Å². The number of fused-ring (bicyclic) bond motifs is 1. The van der Waals surface area contributed by atoms with Gasteiger partial charge in [0.2, 0.25) is 0 Å². The Kier molecular flexibility index (Phi) is 2.94. The molecule has 0 atom stereocenters. The van der Waals surface area contributed by atoms with Gasteiger partial charge in [-0.1, -0.05) is 36.4 Å². The largest absolute Gasteiger partial charge is 0.516 e. The maximum atomic E-state index is 12.3. The van der Waals surface area contributed by atoms with Crippen molar-refractivity contribution in [3.8, 4) is 0 Å². The Labute approximate surface area is 101 Å². The lowest BCUT2D eigenvalue weighted by molar-refractivity contribution is -0.0429. The third-order valence-electron chi connectivity index (χ3n) is 2.34. The van der Waals surface area contributed by atoms with E-state index in [0.717, 1.165) is 0 Å². The first-order valence-corrected chi connectivity index (χ1v) is 6.36. The van der Waals surface area contributed by atoms with Crippen molar-refractivity contribution in [3.05, 3.63) is 42.5 Å². The predicted octanol–water partition coefficient (Wildman–Crippen LogP) is 3.10. The summed E-state index contributed by atoms with van der Waals surface area (Å²) in [6.07, 6.45) is 0. The molecule has 0 unspecified atom stereocenters. The van der Waals surface area contributed by atoms with Crippen molar-refractivity contribution in [2.75, 3.05) is 4.72 Å². The molecule has 0 aromatic heterocycles. The van der Waals surface area contributed by atoms with E-state index in [2.05, 4.69) is 0 Å². The Morgan fingerprint density at radius 2 is 1.56 bits per heavy atom. The summed E-state index contributed by atoms with van der Waals surface area (Å²) in [5.74, 6) is 0. The molecule has 2 aromatic carbocycles. The fourth-order valence-corrected chi connectivity index (χ4v) is 2.10. The third kappa shape index (κ3) is 2.26. The highest BCUT2D eigenvalue weighted by atomic mass is 32.2. The molecule has 1 N–H and O–H groups in total. The average Bonchev–Trinajstić information content (AvgIpc) is 2.27. The van der Waals surface area contributed by atoms with Gasteiger partial charge < -0.3 is 0 Å². The maximum Gasteiger partial charge on any atom is 0.516 e. The molecule has 0 radical (unpaired) electrons.